The van der Waals surface area contributed by atoms with Gasteiger partial charge in [0.15, 0.2) is 0 Å². The van der Waals surface area contributed by atoms with Crippen LogP contribution in [0, 0.1) is 0 Å². The van der Waals surface area contributed by atoms with E-state index in [-0.39, 0.29) is 0 Å². The van der Waals surface area contributed by atoms with Crippen molar-refractivity contribution in [3.8, 4) is 0 Å². The molecule has 0 N–H and O–H groups in total. The van der Waals surface area contributed by atoms with Gasteiger partial charge in [-0.25, -0.2) is 0 Å². The molecule has 2 rings (SSSR count). The van der Waals surface area contributed by atoms with Gasteiger partial charge in [0.25, 0.3) is 0 Å². The largest absolute Gasteiger partial charge is 0.218 e. The third kappa shape index (κ3) is 1.91. The molecule has 2 aromatic rings. The summed E-state index contributed by atoms with van der Waals surface area (Å²) in [6, 6.07) is 20.3. The topological polar surface area (TPSA) is 3.01 Å². The first kappa shape index (κ1) is 9.16. The van der Waals surface area contributed by atoms with Gasteiger partial charge >= 0.3 is 0 Å². The number of benzene rings is 2. The minimum absolute atomic E-state index is 1.12. The Bertz CT molecular complexity index is 381. The van der Waals surface area contributed by atoms with Crippen LogP contribution in [0.1, 0.15) is 0 Å². The second-order valence-corrected chi connectivity index (χ2v) is 3.45. The number of rotatable bonds is 2. The fraction of sp³-hybridized carbons (Fsp3) is 0. The van der Waals surface area contributed by atoms with Crippen molar-refractivity contribution in [2.75, 3.05) is 0 Å². The predicted molar refractivity (Wildman–Crippen MR) is 64.5 cm³/mol. The van der Waals surface area contributed by atoms with Crippen molar-refractivity contribution in [1.82, 2.24) is 3.95 Å². The van der Waals surface area contributed by atoms with E-state index < -0.39 is 0 Å². The molecule has 2 heteroatoms. The van der Waals surface area contributed by atoms with Gasteiger partial charge < -0.3 is 0 Å². The summed E-state index contributed by atoms with van der Waals surface area (Å²) in [4.78, 5) is 0. The molecule has 0 radical (unpaired) electrons. The van der Waals surface area contributed by atoms with Crippen LogP contribution in [0.3, 0.4) is 0 Å². The van der Waals surface area contributed by atoms with Crippen LogP contribution >= 0.6 is 0 Å². The summed E-state index contributed by atoms with van der Waals surface area (Å²) in [5.74, 6) is 0. The smallest absolute Gasteiger partial charge is 0.139 e. The summed E-state index contributed by atoms with van der Waals surface area (Å²) in [5, 5.41) is 0. The minimum atomic E-state index is 1.12. The van der Waals surface area contributed by atoms with Crippen LogP contribution in [0.25, 0.3) is 0 Å². The minimum Gasteiger partial charge on any atom is -0.139 e. The average molecular weight is 202 g/mol. The molecule has 70 valence electrons. The van der Waals surface area contributed by atoms with Crippen LogP contribution in [-0.4, -0.2) is 0 Å². The normalized spacial score (nSPS) is 9.79. The summed E-state index contributed by atoms with van der Waals surface area (Å²) in [5.41, 5.74) is 2.24. The van der Waals surface area contributed by atoms with E-state index >= 15 is 0 Å². The standard InChI is InChI=1S/C12H12NS/c14-13(11-7-3-1-4-8-11)12-9-5-2-6-10-12/h1-10H,14H2/q+1. The lowest BCUT2D eigenvalue weighted by molar-refractivity contribution is 1.14. The first-order valence-corrected chi connectivity index (χ1v) is 4.94. The van der Waals surface area contributed by atoms with E-state index in [1.54, 1.807) is 0 Å². The Morgan fingerprint density at radius 2 is 1.00 bits per heavy atom. The van der Waals surface area contributed by atoms with Crippen molar-refractivity contribution in [3.63, 3.8) is 0 Å². The summed E-state index contributed by atoms with van der Waals surface area (Å²) in [6.45, 7) is 0. The van der Waals surface area contributed by atoms with Crippen LogP contribution < -0.4 is 3.95 Å². The molecule has 0 aliphatic rings. The Morgan fingerprint density at radius 3 is 1.36 bits per heavy atom. The highest BCUT2D eigenvalue weighted by atomic mass is 32.1. The molecule has 0 aliphatic heterocycles. The Morgan fingerprint density at radius 1 is 0.643 bits per heavy atom. The van der Waals surface area contributed by atoms with E-state index in [4.69, 9.17) is 0 Å². The molecule has 1 nitrogen and oxygen atoms in total. The Kier molecular flexibility index (Phi) is 2.75. The fourth-order valence-electron chi connectivity index (χ4n) is 1.30. The zero-order chi connectivity index (χ0) is 9.80. The predicted octanol–water partition coefficient (Wildman–Crippen LogP) is 2.72. The first-order valence-electron chi connectivity index (χ1n) is 4.49. The molecule has 0 spiro atoms. The molecule has 0 aliphatic carbocycles. The molecular formula is C12H12NS+. The highest BCUT2D eigenvalue weighted by Gasteiger charge is 2.07. The van der Waals surface area contributed by atoms with E-state index in [2.05, 4.69) is 36.7 Å². The number of para-hydroxylation sites is 2. The lowest BCUT2D eigenvalue weighted by Gasteiger charge is -1.97. The van der Waals surface area contributed by atoms with Crippen molar-refractivity contribution < 1.29 is 0 Å². The molecule has 0 atom stereocenters. The van der Waals surface area contributed by atoms with Gasteiger partial charge in [-0.1, -0.05) is 36.4 Å². The lowest BCUT2D eigenvalue weighted by Crippen LogP contribution is -1.96. The Labute approximate surface area is 88.8 Å². The summed E-state index contributed by atoms with van der Waals surface area (Å²) in [7, 11) is 0. The summed E-state index contributed by atoms with van der Waals surface area (Å²) >= 11 is 3.58. The van der Waals surface area contributed by atoms with Crippen LogP contribution in [0.2, 0.25) is 0 Å². The van der Waals surface area contributed by atoms with Crippen molar-refractivity contribution in [2.24, 2.45) is 0 Å². The van der Waals surface area contributed by atoms with Crippen LogP contribution in [-0.2, 0) is 12.4 Å². The van der Waals surface area contributed by atoms with Crippen LogP contribution in [0.15, 0.2) is 60.7 Å². The molecular weight excluding hydrogens is 190 g/mol. The maximum absolute atomic E-state index is 3.58. The number of nitrogens with zero attached hydrogens (tertiary/aromatic N) is 1. The van der Waals surface area contributed by atoms with E-state index in [0.29, 0.717) is 0 Å². The fourth-order valence-corrected chi connectivity index (χ4v) is 1.60. The molecule has 2 aromatic carbocycles. The van der Waals surface area contributed by atoms with Crippen LogP contribution in [0.4, 0.5) is 11.4 Å². The van der Waals surface area contributed by atoms with Crippen molar-refractivity contribution >= 4 is 23.8 Å². The van der Waals surface area contributed by atoms with Gasteiger partial charge in [-0.15, -0.1) is 3.95 Å². The first-order chi connectivity index (χ1) is 6.88. The van der Waals surface area contributed by atoms with Crippen molar-refractivity contribution in [2.45, 2.75) is 0 Å². The van der Waals surface area contributed by atoms with Crippen LogP contribution in [0.5, 0.6) is 0 Å². The van der Waals surface area contributed by atoms with Gasteiger partial charge in [-0.2, -0.15) is 0 Å². The molecule has 0 bridgehead atoms. The Hall–Kier alpha value is -1.41. The number of hydrogen-bond donors (Lipinski definition) is 0. The lowest BCUT2D eigenvalue weighted by atomic mass is 10.3. The molecule has 0 saturated heterocycles. The van der Waals surface area contributed by atoms with E-state index in [9.17, 15) is 0 Å². The maximum Gasteiger partial charge on any atom is 0.218 e. The second kappa shape index (κ2) is 4.20. The molecule has 0 heterocycles. The third-order valence-corrected chi connectivity index (χ3v) is 2.55. The van der Waals surface area contributed by atoms with Crippen molar-refractivity contribution in [1.29, 1.82) is 0 Å². The molecule has 0 amide bonds. The average Bonchev–Trinajstić information content (AvgIpc) is 2.30. The molecule has 0 aromatic heterocycles. The maximum atomic E-state index is 3.58. The quantitative estimate of drug-likeness (QED) is 0.659. The molecule has 14 heavy (non-hydrogen) atoms. The van der Waals surface area contributed by atoms with Gasteiger partial charge in [0.05, 0.1) is 0 Å². The van der Waals surface area contributed by atoms with E-state index in [1.165, 1.54) is 0 Å². The Balaban J connectivity index is 2.35. The molecule has 0 fully saturated rings. The number of hydrogen-bond acceptors (Lipinski definition) is 0. The van der Waals surface area contributed by atoms with Gasteiger partial charge in [0.1, 0.15) is 0 Å². The summed E-state index contributed by atoms with van der Waals surface area (Å²) in [6.07, 6.45) is 0. The zero-order valence-electron chi connectivity index (χ0n) is 7.72. The van der Waals surface area contributed by atoms with Crippen molar-refractivity contribution in [3.05, 3.63) is 60.7 Å². The third-order valence-electron chi connectivity index (χ3n) is 2.03. The van der Waals surface area contributed by atoms with Gasteiger partial charge in [0, 0.05) is 36.7 Å². The second-order valence-electron chi connectivity index (χ2n) is 3.01. The van der Waals surface area contributed by atoms with E-state index in [1.807, 2.05) is 40.3 Å². The highest BCUT2D eigenvalue weighted by Crippen LogP contribution is 2.18. The highest BCUT2D eigenvalue weighted by molar-refractivity contribution is 7.47. The monoisotopic (exact) mass is 202 g/mol. The molecule has 0 saturated carbocycles. The SMILES string of the molecule is [SH2]=[N+](c1ccccc1)c1ccccc1. The van der Waals surface area contributed by atoms with E-state index in [0.717, 1.165) is 11.4 Å². The zero-order valence-corrected chi connectivity index (χ0v) is 8.72. The van der Waals surface area contributed by atoms with Gasteiger partial charge in [-0.3, -0.25) is 0 Å². The van der Waals surface area contributed by atoms with Gasteiger partial charge in [0.2, 0.25) is 11.4 Å². The summed E-state index contributed by atoms with van der Waals surface area (Å²) < 4.78 is 1.97. The molecule has 0 unspecified atom stereocenters. The van der Waals surface area contributed by atoms with Gasteiger partial charge in [-0.05, 0) is 0 Å².